The van der Waals surface area contributed by atoms with E-state index in [4.69, 9.17) is 4.42 Å². The summed E-state index contributed by atoms with van der Waals surface area (Å²) in [6.07, 6.45) is 3.19. The molecule has 0 spiro atoms. The Hall–Kier alpha value is -1.55. The van der Waals surface area contributed by atoms with Gasteiger partial charge in [0.25, 0.3) is 0 Å². The number of carbonyl (C=O) groups excluding carboxylic acids is 1. The molecule has 0 N–H and O–H groups in total. The van der Waals surface area contributed by atoms with Crippen LogP contribution in [0.4, 0.5) is 0 Å². The lowest BCUT2D eigenvalue weighted by atomic mass is 10.2. The highest BCUT2D eigenvalue weighted by molar-refractivity contribution is 9.10. The molecule has 0 unspecified atom stereocenters. The highest BCUT2D eigenvalue weighted by Gasteiger charge is 2.09. The summed E-state index contributed by atoms with van der Waals surface area (Å²) in [5.74, 6) is 0.224. The molecule has 0 saturated heterocycles. The van der Waals surface area contributed by atoms with Gasteiger partial charge in [0.15, 0.2) is 5.76 Å². The number of nitrogens with zero attached hydrogens (tertiary/aromatic N) is 1. The Balaban J connectivity index is 2.33. The fourth-order valence-electron chi connectivity index (χ4n) is 1.43. The normalized spacial score (nSPS) is 11.2. The number of allylic oxidation sites excluding steroid dienone is 1. The van der Waals surface area contributed by atoms with Gasteiger partial charge in [0.1, 0.15) is 5.58 Å². The average molecular weight is 294 g/mol. The lowest BCUT2D eigenvalue weighted by Gasteiger charge is -2.01. The number of carbonyl (C=O) groups is 1. The molecule has 0 saturated carbocycles. The van der Waals surface area contributed by atoms with E-state index in [1.165, 1.54) is 6.08 Å². The molecular weight excluding hydrogens is 282 g/mol. The molecule has 3 nitrogen and oxygen atoms in total. The van der Waals surface area contributed by atoms with Crippen LogP contribution in [0.2, 0.25) is 0 Å². The maximum absolute atomic E-state index is 11.8. The first-order valence-corrected chi connectivity index (χ1v) is 5.93. The van der Waals surface area contributed by atoms with Crippen molar-refractivity contribution >= 4 is 32.7 Å². The highest BCUT2D eigenvalue weighted by Crippen LogP contribution is 2.23. The highest BCUT2D eigenvalue weighted by atomic mass is 79.9. The van der Waals surface area contributed by atoms with Crippen molar-refractivity contribution in [1.82, 2.24) is 4.90 Å². The summed E-state index contributed by atoms with van der Waals surface area (Å²) >= 11 is 3.38. The van der Waals surface area contributed by atoms with E-state index >= 15 is 0 Å². The number of benzene rings is 1. The van der Waals surface area contributed by atoms with Crippen molar-refractivity contribution in [1.29, 1.82) is 0 Å². The van der Waals surface area contributed by atoms with Crippen molar-refractivity contribution in [2.24, 2.45) is 0 Å². The quantitative estimate of drug-likeness (QED) is 0.642. The third-order valence-corrected chi connectivity index (χ3v) is 2.74. The molecule has 17 heavy (non-hydrogen) atoms. The van der Waals surface area contributed by atoms with Gasteiger partial charge in [-0.05, 0) is 24.3 Å². The predicted octanol–water partition coefficient (Wildman–Crippen LogP) is 3.45. The van der Waals surface area contributed by atoms with Crippen LogP contribution in [0.3, 0.4) is 0 Å². The Kier molecular flexibility index (Phi) is 3.33. The minimum absolute atomic E-state index is 0.133. The second kappa shape index (κ2) is 4.75. The summed E-state index contributed by atoms with van der Waals surface area (Å²) in [5.41, 5.74) is 0.717. The van der Waals surface area contributed by atoms with Crippen molar-refractivity contribution in [3.63, 3.8) is 0 Å². The third kappa shape index (κ3) is 2.77. The number of fused-ring (bicyclic) bond motifs is 1. The van der Waals surface area contributed by atoms with Gasteiger partial charge in [-0.15, -0.1) is 0 Å². The molecule has 2 rings (SSSR count). The Morgan fingerprint density at radius 1 is 1.35 bits per heavy atom. The van der Waals surface area contributed by atoms with Crippen molar-refractivity contribution in [3.05, 3.63) is 46.8 Å². The Bertz CT molecular complexity index is 584. The fourth-order valence-corrected chi connectivity index (χ4v) is 1.81. The van der Waals surface area contributed by atoms with Gasteiger partial charge in [0.2, 0.25) is 5.78 Å². The first-order chi connectivity index (χ1) is 8.06. The average Bonchev–Trinajstić information content (AvgIpc) is 2.68. The van der Waals surface area contributed by atoms with Crippen LogP contribution in [0, 0.1) is 0 Å². The van der Waals surface area contributed by atoms with E-state index in [0.717, 1.165) is 15.4 Å². The SMILES string of the molecule is CN(C)C=CC(=O)c1cc2cc(Br)ccc2o1. The summed E-state index contributed by atoms with van der Waals surface area (Å²) in [6, 6.07) is 7.40. The lowest BCUT2D eigenvalue weighted by molar-refractivity contribution is 0.102. The van der Waals surface area contributed by atoms with Gasteiger partial charge in [0.05, 0.1) is 0 Å². The molecule has 0 atom stereocenters. The van der Waals surface area contributed by atoms with E-state index in [0.29, 0.717) is 5.76 Å². The predicted molar refractivity (Wildman–Crippen MR) is 71.1 cm³/mol. The van der Waals surface area contributed by atoms with Crippen LogP contribution in [-0.2, 0) is 0 Å². The molecule has 0 amide bonds. The maximum atomic E-state index is 11.8. The summed E-state index contributed by atoms with van der Waals surface area (Å²) in [6.45, 7) is 0. The van der Waals surface area contributed by atoms with Gasteiger partial charge in [-0.2, -0.15) is 0 Å². The third-order valence-electron chi connectivity index (χ3n) is 2.25. The zero-order valence-electron chi connectivity index (χ0n) is 9.61. The second-order valence-electron chi connectivity index (χ2n) is 3.94. The molecule has 1 aromatic heterocycles. The molecule has 0 bridgehead atoms. The van der Waals surface area contributed by atoms with Crippen LogP contribution < -0.4 is 0 Å². The van der Waals surface area contributed by atoms with Gasteiger partial charge in [-0.3, -0.25) is 4.79 Å². The maximum Gasteiger partial charge on any atom is 0.222 e. The Morgan fingerprint density at radius 3 is 2.82 bits per heavy atom. The Morgan fingerprint density at radius 2 is 2.12 bits per heavy atom. The van der Waals surface area contributed by atoms with E-state index in [1.54, 1.807) is 17.2 Å². The number of hydrogen-bond donors (Lipinski definition) is 0. The van der Waals surface area contributed by atoms with Crippen LogP contribution in [0.1, 0.15) is 10.6 Å². The van der Waals surface area contributed by atoms with Gasteiger partial charge in [-0.25, -0.2) is 0 Å². The molecule has 0 fully saturated rings. The van der Waals surface area contributed by atoms with Crippen molar-refractivity contribution in [2.45, 2.75) is 0 Å². The van der Waals surface area contributed by atoms with Crippen molar-refractivity contribution < 1.29 is 9.21 Å². The molecule has 4 heteroatoms. The molecule has 0 aliphatic carbocycles. The summed E-state index contributed by atoms with van der Waals surface area (Å²) in [5, 5.41) is 0.918. The van der Waals surface area contributed by atoms with E-state index in [1.807, 2.05) is 32.3 Å². The van der Waals surface area contributed by atoms with E-state index in [-0.39, 0.29) is 5.78 Å². The Labute approximate surface area is 108 Å². The topological polar surface area (TPSA) is 33.5 Å². The van der Waals surface area contributed by atoms with Crippen LogP contribution >= 0.6 is 15.9 Å². The molecule has 1 aromatic carbocycles. The molecule has 88 valence electrons. The number of hydrogen-bond acceptors (Lipinski definition) is 3. The zero-order chi connectivity index (χ0) is 12.4. The van der Waals surface area contributed by atoms with Crippen LogP contribution in [0.15, 0.2) is 45.4 Å². The van der Waals surface area contributed by atoms with E-state index < -0.39 is 0 Å². The minimum atomic E-state index is -0.133. The summed E-state index contributed by atoms with van der Waals surface area (Å²) in [4.78, 5) is 13.6. The van der Waals surface area contributed by atoms with Crippen molar-refractivity contribution in [2.75, 3.05) is 14.1 Å². The molecule has 0 aliphatic heterocycles. The van der Waals surface area contributed by atoms with Crippen LogP contribution in [0.5, 0.6) is 0 Å². The standard InChI is InChI=1S/C13H12BrNO2/c1-15(2)6-5-11(16)13-8-9-7-10(14)3-4-12(9)17-13/h3-8H,1-2H3. The summed E-state index contributed by atoms with van der Waals surface area (Å²) < 4.78 is 6.44. The van der Waals surface area contributed by atoms with Gasteiger partial charge >= 0.3 is 0 Å². The first kappa shape index (κ1) is 11.9. The minimum Gasteiger partial charge on any atom is -0.453 e. The van der Waals surface area contributed by atoms with Crippen LogP contribution in [0.25, 0.3) is 11.0 Å². The van der Waals surface area contributed by atoms with Crippen LogP contribution in [-0.4, -0.2) is 24.8 Å². The van der Waals surface area contributed by atoms with Gasteiger partial charge in [-0.1, -0.05) is 15.9 Å². The molecule has 1 heterocycles. The van der Waals surface area contributed by atoms with Gasteiger partial charge < -0.3 is 9.32 Å². The molecular formula is C13H12BrNO2. The molecule has 2 aromatic rings. The summed E-state index contributed by atoms with van der Waals surface area (Å²) in [7, 11) is 3.72. The van der Waals surface area contributed by atoms with Crippen molar-refractivity contribution in [3.8, 4) is 0 Å². The second-order valence-corrected chi connectivity index (χ2v) is 4.85. The van der Waals surface area contributed by atoms with E-state index in [2.05, 4.69) is 15.9 Å². The number of halogens is 1. The lowest BCUT2D eigenvalue weighted by Crippen LogP contribution is -2.02. The van der Waals surface area contributed by atoms with E-state index in [9.17, 15) is 4.79 Å². The number of rotatable bonds is 3. The molecule has 0 radical (unpaired) electrons. The van der Waals surface area contributed by atoms with Gasteiger partial charge in [0, 0.05) is 36.2 Å². The smallest absolute Gasteiger partial charge is 0.222 e. The fraction of sp³-hybridized carbons (Fsp3) is 0.154. The zero-order valence-corrected chi connectivity index (χ0v) is 11.2. The monoisotopic (exact) mass is 293 g/mol. The molecule has 0 aliphatic rings. The first-order valence-electron chi connectivity index (χ1n) is 5.14. The largest absolute Gasteiger partial charge is 0.453 e. The number of furan rings is 1. The number of ketones is 1.